The molecule has 0 spiro atoms. The van der Waals surface area contributed by atoms with Crippen LogP contribution in [0.1, 0.15) is 34.0 Å². The van der Waals surface area contributed by atoms with E-state index in [1.807, 2.05) is 30.3 Å². The van der Waals surface area contributed by atoms with Gasteiger partial charge in [-0.3, -0.25) is 4.79 Å². The van der Waals surface area contributed by atoms with E-state index in [4.69, 9.17) is 0 Å². The summed E-state index contributed by atoms with van der Waals surface area (Å²) in [5, 5.41) is 2.86. The van der Waals surface area contributed by atoms with Gasteiger partial charge in [-0.15, -0.1) is 0 Å². The van der Waals surface area contributed by atoms with Gasteiger partial charge in [0.15, 0.2) is 0 Å². The molecule has 1 aromatic carbocycles. The molecule has 1 rings (SSSR count). The standard InChI is InChI=1S/C12H17NO.H2/c1-2-3-5-10-12(14)13-11-8-6-4-7-9-11;/h4,6-9H,2-3,5,10H2,1H3,(H,13,14);1H. The molecular formula is C12H19NO. The lowest BCUT2D eigenvalue weighted by Gasteiger charge is -2.03. The Kier molecular flexibility index (Phi) is 4.76. The molecule has 0 saturated heterocycles. The maximum atomic E-state index is 11.4. The van der Waals surface area contributed by atoms with E-state index in [1.54, 1.807) is 0 Å². The van der Waals surface area contributed by atoms with Crippen LogP contribution in [0.5, 0.6) is 0 Å². The molecule has 78 valence electrons. The number of hydrogen-bond acceptors (Lipinski definition) is 1. The minimum Gasteiger partial charge on any atom is -0.326 e. The van der Waals surface area contributed by atoms with Gasteiger partial charge in [-0.25, -0.2) is 0 Å². The fourth-order valence-corrected chi connectivity index (χ4v) is 1.28. The highest BCUT2D eigenvalue weighted by molar-refractivity contribution is 5.90. The minimum absolute atomic E-state index is 0. The zero-order valence-electron chi connectivity index (χ0n) is 8.62. The van der Waals surface area contributed by atoms with Crippen molar-refractivity contribution in [3.05, 3.63) is 30.3 Å². The lowest BCUT2D eigenvalue weighted by atomic mass is 10.2. The van der Waals surface area contributed by atoms with Crippen LogP contribution in [0.2, 0.25) is 0 Å². The van der Waals surface area contributed by atoms with E-state index < -0.39 is 0 Å². The second-order valence-corrected chi connectivity index (χ2v) is 3.37. The second-order valence-electron chi connectivity index (χ2n) is 3.37. The van der Waals surface area contributed by atoms with Crippen LogP contribution in [0.3, 0.4) is 0 Å². The van der Waals surface area contributed by atoms with Crippen molar-refractivity contribution in [2.24, 2.45) is 0 Å². The van der Waals surface area contributed by atoms with E-state index in [-0.39, 0.29) is 7.33 Å². The first kappa shape index (κ1) is 10.8. The van der Waals surface area contributed by atoms with Crippen LogP contribution in [0, 0.1) is 0 Å². The largest absolute Gasteiger partial charge is 0.326 e. The van der Waals surface area contributed by atoms with Gasteiger partial charge in [-0.2, -0.15) is 0 Å². The molecule has 0 atom stereocenters. The summed E-state index contributed by atoms with van der Waals surface area (Å²) in [6.07, 6.45) is 3.89. The summed E-state index contributed by atoms with van der Waals surface area (Å²) in [6.45, 7) is 2.13. The van der Waals surface area contributed by atoms with Crippen molar-refractivity contribution in [1.29, 1.82) is 0 Å². The Labute approximate surface area is 86.8 Å². The summed E-state index contributed by atoms with van der Waals surface area (Å²) in [6, 6.07) is 9.57. The summed E-state index contributed by atoms with van der Waals surface area (Å²) in [5.41, 5.74) is 0.883. The van der Waals surface area contributed by atoms with Crippen molar-refractivity contribution < 1.29 is 6.22 Å². The molecule has 2 nitrogen and oxygen atoms in total. The molecule has 1 aromatic rings. The number of benzene rings is 1. The van der Waals surface area contributed by atoms with E-state index in [0.717, 1.165) is 24.9 Å². The first-order valence-electron chi connectivity index (χ1n) is 5.18. The predicted octanol–water partition coefficient (Wildman–Crippen LogP) is 3.45. The van der Waals surface area contributed by atoms with Gasteiger partial charge < -0.3 is 5.32 Å². The first-order valence-corrected chi connectivity index (χ1v) is 5.18. The topological polar surface area (TPSA) is 29.1 Å². The molecule has 0 saturated carbocycles. The third-order valence-electron chi connectivity index (χ3n) is 2.06. The predicted molar refractivity (Wildman–Crippen MR) is 61.3 cm³/mol. The molecule has 1 amide bonds. The molecule has 1 N–H and O–H groups in total. The van der Waals surface area contributed by atoms with Crippen molar-refractivity contribution in [2.45, 2.75) is 32.6 Å². The Morgan fingerprint density at radius 2 is 2.00 bits per heavy atom. The van der Waals surface area contributed by atoms with E-state index >= 15 is 0 Å². The average molecular weight is 193 g/mol. The van der Waals surface area contributed by atoms with Crippen LogP contribution < -0.4 is 5.32 Å². The SMILES string of the molecule is CCCCCC(=O)Nc1ccccc1.[HH]. The number of unbranched alkanes of at least 4 members (excludes halogenated alkanes) is 2. The van der Waals surface area contributed by atoms with Gasteiger partial charge in [0.2, 0.25) is 5.91 Å². The van der Waals surface area contributed by atoms with Gasteiger partial charge in [0.05, 0.1) is 0 Å². The summed E-state index contributed by atoms with van der Waals surface area (Å²) < 4.78 is 0. The van der Waals surface area contributed by atoms with Gasteiger partial charge in [-0.1, -0.05) is 38.0 Å². The molecule has 14 heavy (non-hydrogen) atoms. The molecule has 0 unspecified atom stereocenters. The summed E-state index contributed by atoms with van der Waals surface area (Å²) in [4.78, 5) is 11.4. The number of carbonyl (C=O) groups is 1. The van der Waals surface area contributed by atoms with Crippen molar-refractivity contribution >= 4 is 11.6 Å². The first-order chi connectivity index (χ1) is 6.83. The Balaban J connectivity index is 0.00000196. The summed E-state index contributed by atoms with van der Waals surface area (Å²) >= 11 is 0. The fourth-order valence-electron chi connectivity index (χ4n) is 1.28. The molecule has 0 aliphatic rings. The Hall–Kier alpha value is -1.31. The van der Waals surface area contributed by atoms with E-state index in [1.165, 1.54) is 0 Å². The number of nitrogens with one attached hydrogen (secondary N) is 1. The smallest absolute Gasteiger partial charge is 0.224 e. The van der Waals surface area contributed by atoms with Crippen LogP contribution in [-0.2, 0) is 4.79 Å². The highest BCUT2D eigenvalue weighted by atomic mass is 16.1. The van der Waals surface area contributed by atoms with E-state index in [9.17, 15) is 4.79 Å². The normalized spacial score (nSPS) is 9.79. The zero-order chi connectivity index (χ0) is 10.2. The van der Waals surface area contributed by atoms with Crippen LogP contribution in [-0.4, -0.2) is 5.91 Å². The lowest BCUT2D eigenvalue weighted by Crippen LogP contribution is -2.10. The monoisotopic (exact) mass is 193 g/mol. The maximum Gasteiger partial charge on any atom is 0.224 e. The number of rotatable bonds is 5. The fraction of sp³-hybridized carbons (Fsp3) is 0.417. The molecule has 0 aliphatic heterocycles. The molecular weight excluding hydrogens is 174 g/mol. The van der Waals surface area contributed by atoms with Crippen LogP contribution in [0.15, 0.2) is 30.3 Å². The van der Waals surface area contributed by atoms with Gasteiger partial charge in [-0.05, 0) is 18.6 Å². The quantitative estimate of drug-likeness (QED) is 0.713. The van der Waals surface area contributed by atoms with Crippen molar-refractivity contribution in [1.82, 2.24) is 0 Å². The molecule has 0 radical (unpaired) electrons. The third-order valence-corrected chi connectivity index (χ3v) is 2.06. The third kappa shape index (κ3) is 4.08. The van der Waals surface area contributed by atoms with Crippen LogP contribution >= 0.6 is 0 Å². The number of amides is 1. The zero-order valence-corrected chi connectivity index (χ0v) is 8.62. The molecule has 0 aromatic heterocycles. The summed E-state index contributed by atoms with van der Waals surface area (Å²) in [5.74, 6) is 0.115. The molecule has 0 bridgehead atoms. The van der Waals surface area contributed by atoms with Crippen molar-refractivity contribution in [3.63, 3.8) is 0 Å². The lowest BCUT2D eigenvalue weighted by molar-refractivity contribution is -0.116. The number of para-hydroxylation sites is 1. The molecule has 2 heteroatoms. The highest BCUT2D eigenvalue weighted by Gasteiger charge is 2.00. The van der Waals surface area contributed by atoms with Crippen molar-refractivity contribution in [2.75, 3.05) is 5.32 Å². The Morgan fingerprint density at radius 3 is 2.64 bits per heavy atom. The number of carbonyl (C=O) groups excluding carboxylic acids is 1. The second kappa shape index (κ2) is 6.19. The molecule has 0 fully saturated rings. The number of anilines is 1. The van der Waals surface area contributed by atoms with Crippen molar-refractivity contribution in [3.8, 4) is 0 Å². The van der Waals surface area contributed by atoms with Gasteiger partial charge >= 0.3 is 0 Å². The van der Waals surface area contributed by atoms with E-state index in [0.29, 0.717) is 6.42 Å². The van der Waals surface area contributed by atoms with Crippen LogP contribution in [0.4, 0.5) is 5.69 Å². The molecule has 0 aliphatic carbocycles. The average Bonchev–Trinajstić information content (AvgIpc) is 2.20. The maximum absolute atomic E-state index is 11.4. The molecule has 0 heterocycles. The summed E-state index contributed by atoms with van der Waals surface area (Å²) in [7, 11) is 0. The van der Waals surface area contributed by atoms with Crippen LogP contribution in [0.25, 0.3) is 0 Å². The number of hydrogen-bond donors (Lipinski definition) is 1. The van der Waals surface area contributed by atoms with Gasteiger partial charge in [0.25, 0.3) is 0 Å². The van der Waals surface area contributed by atoms with E-state index in [2.05, 4.69) is 12.2 Å². The highest BCUT2D eigenvalue weighted by Crippen LogP contribution is 2.07. The minimum atomic E-state index is 0. The Bertz CT molecular complexity index is 274. The van der Waals surface area contributed by atoms with Gasteiger partial charge in [0.1, 0.15) is 0 Å². The Morgan fingerprint density at radius 1 is 1.29 bits per heavy atom. The van der Waals surface area contributed by atoms with Gasteiger partial charge in [0, 0.05) is 13.5 Å².